The molecule has 6 heteroatoms. The Hall–Kier alpha value is -1.91. The van der Waals surface area contributed by atoms with E-state index < -0.39 is 0 Å². The Morgan fingerprint density at radius 2 is 1.80 bits per heavy atom. The van der Waals surface area contributed by atoms with E-state index in [1.54, 1.807) is 18.2 Å². The van der Waals surface area contributed by atoms with Gasteiger partial charge >= 0.3 is 0 Å². The quantitative estimate of drug-likeness (QED) is 0.740. The number of benzene rings is 1. The Kier molecular flexibility index (Phi) is 3.20. The van der Waals surface area contributed by atoms with Gasteiger partial charge in [-0.2, -0.15) is 0 Å². The van der Waals surface area contributed by atoms with Gasteiger partial charge in [0, 0.05) is 16.5 Å². The number of nitrogens with zero attached hydrogens (tertiary/aromatic N) is 3. The van der Waals surface area contributed by atoms with Crippen molar-refractivity contribution in [1.82, 2.24) is 15.0 Å². The lowest BCUT2D eigenvalue weighted by Crippen LogP contribution is -1.99. The number of rotatable bonds is 1. The van der Waals surface area contributed by atoms with Crippen molar-refractivity contribution in [3.05, 3.63) is 46.3 Å². The zero-order valence-electron chi connectivity index (χ0n) is 10.6. The average Bonchev–Trinajstić information content (AvgIpc) is 2.40. The summed E-state index contributed by atoms with van der Waals surface area (Å²) in [5.41, 5.74) is 8.76. The van der Waals surface area contributed by atoms with E-state index in [0.717, 1.165) is 11.1 Å². The number of hydrogen-bond acceptors (Lipinski definition) is 4. The number of hydrogen-bond donors (Lipinski definition) is 1. The van der Waals surface area contributed by atoms with E-state index in [1.807, 2.05) is 13.0 Å². The molecule has 0 atom stereocenters. The molecule has 0 fully saturated rings. The normalized spacial score (nSPS) is 10.9. The van der Waals surface area contributed by atoms with Gasteiger partial charge in [-0.15, -0.1) is 0 Å². The van der Waals surface area contributed by atoms with E-state index in [4.69, 9.17) is 28.9 Å². The van der Waals surface area contributed by atoms with Gasteiger partial charge in [0.1, 0.15) is 12.1 Å². The number of fused-ring (bicyclic) bond motifs is 1. The summed E-state index contributed by atoms with van der Waals surface area (Å²) in [7, 11) is 0. The largest absolute Gasteiger partial charge is 0.383 e. The highest BCUT2D eigenvalue weighted by Gasteiger charge is 2.14. The lowest BCUT2D eigenvalue weighted by Gasteiger charge is -2.11. The molecule has 0 unspecified atom stereocenters. The zero-order chi connectivity index (χ0) is 14.3. The summed E-state index contributed by atoms with van der Waals surface area (Å²) in [6.45, 7) is 1.89. The number of aryl methyl sites for hydroxylation is 1. The third-order valence-corrected chi connectivity index (χ3v) is 3.72. The highest BCUT2D eigenvalue weighted by molar-refractivity contribution is 6.39. The maximum Gasteiger partial charge on any atom is 0.165 e. The highest BCUT2D eigenvalue weighted by Crippen LogP contribution is 2.38. The van der Waals surface area contributed by atoms with Gasteiger partial charge in [-0.25, -0.2) is 15.0 Å². The molecule has 3 rings (SSSR count). The van der Waals surface area contributed by atoms with Crippen molar-refractivity contribution in [2.75, 3.05) is 5.73 Å². The fraction of sp³-hybridized carbons (Fsp3) is 0.0714. The van der Waals surface area contributed by atoms with Crippen molar-refractivity contribution in [2.24, 2.45) is 0 Å². The molecule has 0 bridgehead atoms. The Labute approximate surface area is 125 Å². The van der Waals surface area contributed by atoms with Crippen molar-refractivity contribution >= 4 is 40.1 Å². The van der Waals surface area contributed by atoms with Crippen LogP contribution in [-0.2, 0) is 0 Å². The molecule has 0 saturated carbocycles. The molecule has 0 aliphatic heterocycles. The van der Waals surface area contributed by atoms with Crippen LogP contribution in [0.1, 0.15) is 5.69 Å². The first kappa shape index (κ1) is 13.1. The summed E-state index contributed by atoms with van der Waals surface area (Å²) in [5, 5.41) is 1.88. The average molecular weight is 305 g/mol. The number of pyridine rings is 1. The Bertz CT molecular complexity index is 797. The first-order valence-electron chi connectivity index (χ1n) is 5.90. The third-order valence-electron chi connectivity index (χ3n) is 3.09. The molecule has 0 aliphatic carbocycles. The molecule has 2 aromatic heterocycles. The van der Waals surface area contributed by atoms with Gasteiger partial charge in [-0.3, -0.25) is 0 Å². The fourth-order valence-electron chi connectivity index (χ4n) is 2.08. The van der Waals surface area contributed by atoms with E-state index in [0.29, 0.717) is 32.6 Å². The summed E-state index contributed by atoms with van der Waals surface area (Å²) in [5.74, 6) is 0.339. The summed E-state index contributed by atoms with van der Waals surface area (Å²) in [6.07, 6.45) is 1.46. The number of aromatic nitrogens is 3. The summed E-state index contributed by atoms with van der Waals surface area (Å²) in [6, 6.07) is 7.19. The van der Waals surface area contributed by atoms with Crippen LogP contribution in [0.25, 0.3) is 22.2 Å². The van der Waals surface area contributed by atoms with Gasteiger partial charge in [0.05, 0.1) is 15.7 Å². The van der Waals surface area contributed by atoms with E-state index >= 15 is 0 Å². The van der Waals surface area contributed by atoms with Crippen LogP contribution in [-0.4, -0.2) is 15.0 Å². The van der Waals surface area contributed by atoms with Crippen LogP contribution in [0.3, 0.4) is 0 Å². The molecular formula is C14H10Cl2N4. The molecule has 20 heavy (non-hydrogen) atoms. The van der Waals surface area contributed by atoms with Crippen molar-refractivity contribution in [2.45, 2.75) is 6.92 Å². The molecule has 0 aliphatic rings. The van der Waals surface area contributed by atoms with Crippen LogP contribution in [0.4, 0.5) is 5.82 Å². The van der Waals surface area contributed by atoms with E-state index in [1.165, 1.54) is 6.33 Å². The highest BCUT2D eigenvalue weighted by atomic mass is 35.5. The molecular weight excluding hydrogens is 295 g/mol. The van der Waals surface area contributed by atoms with Gasteiger partial charge in [0.25, 0.3) is 0 Å². The van der Waals surface area contributed by atoms with Gasteiger partial charge in [-0.1, -0.05) is 29.3 Å². The molecule has 0 amide bonds. The minimum Gasteiger partial charge on any atom is -0.383 e. The number of nitrogens with two attached hydrogens (primary N) is 1. The smallest absolute Gasteiger partial charge is 0.165 e. The fourth-order valence-corrected chi connectivity index (χ4v) is 2.68. The SMILES string of the molecule is Cc1ncnc2nc(N)c(-c3c(Cl)cccc3Cl)cc12. The Morgan fingerprint density at radius 1 is 1.10 bits per heavy atom. The van der Waals surface area contributed by atoms with Crippen molar-refractivity contribution in [3.63, 3.8) is 0 Å². The second-order valence-electron chi connectivity index (χ2n) is 4.35. The molecule has 2 heterocycles. The molecule has 100 valence electrons. The Morgan fingerprint density at radius 3 is 2.50 bits per heavy atom. The summed E-state index contributed by atoms with van der Waals surface area (Å²) in [4.78, 5) is 12.6. The maximum absolute atomic E-state index is 6.23. The molecule has 3 aromatic rings. The van der Waals surface area contributed by atoms with Crippen LogP contribution >= 0.6 is 23.2 Å². The van der Waals surface area contributed by atoms with Crippen LogP contribution < -0.4 is 5.73 Å². The second kappa shape index (κ2) is 4.89. The third kappa shape index (κ3) is 2.07. The number of nitrogen functional groups attached to an aromatic ring is 1. The minimum absolute atomic E-state index is 0.339. The van der Waals surface area contributed by atoms with Crippen LogP contribution in [0.2, 0.25) is 10.0 Å². The lowest BCUT2D eigenvalue weighted by atomic mass is 10.0. The molecule has 2 N–H and O–H groups in total. The molecule has 4 nitrogen and oxygen atoms in total. The van der Waals surface area contributed by atoms with E-state index in [2.05, 4.69) is 15.0 Å². The van der Waals surface area contributed by atoms with Gasteiger partial charge in [0.15, 0.2) is 5.65 Å². The second-order valence-corrected chi connectivity index (χ2v) is 5.16. The summed E-state index contributed by atoms with van der Waals surface area (Å²) < 4.78 is 0. The van der Waals surface area contributed by atoms with Gasteiger partial charge < -0.3 is 5.73 Å². The minimum atomic E-state index is 0.339. The summed E-state index contributed by atoms with van der Waals surface area (Å²) >= 11 is 12.5. The van der Waals surface area contributed by atoms with Crippen LogP contribution in [0.5, 0.6) is 0 Å². The zero-order valence-corrected chi connectivity index (χ0v) is 12.1. The monoisotopic (exact) mass is 304 g/mol. The number of anilines is 1. The topological polar surface area (TPSA) is 64.7 Å². The molecule has 0 spiro atoms. The van der Waals surface area contributed by atoms with Crippen molar-refractivity contribution < 1.29 is 0 Å². The van der Waals surface area contributed by atoms with E-state index in [9.17, 15) is 0 Å². The number of halogens is 2. The first-order chi connectivity index (χ1) is 9.58. The standard InChI is InChI=1S/C14H10Cl2N4/c1-7-8-5-9(12-10(15)3-2-4-11(12)16)13(17)20-14(8)19-6-18-7/h2-6H,1H3,(H2,17,18,19,20). The molecule has 0 radical (unpaired) electrons. The van der Waals surface area contributed by atoms with Crippen LogP contribution in [0, 0.1) is 6.92 Å². The van der Waals surface area contributed by atoms with Crippen molar-refractivity contribution in [1.29, 1.82) is 0 Å². The molecule has 0 saturated heterocycles. The van der Waals surface area contributed by atoms with Crippen LogP contribution in [0.15, 0.2) is 30.6 Å². The predicted molar refractivity (Wildman–Crippen MR) is 81.9 cm³/mol. The van der Waals surface area contributed by atoms with E-state index in [-0.39, 0.29) is 0 Å². The predicted octanol–water partition coefficient (Wildman–Crippen LogP) is 3.89. The Balaban J connectivity index is 2.37. The first-order valence-corrected chi connectivity index (χ1v) is 6.65. The van der Waals surface area contributed by atoms with Gasteiger partial charge in [0.2, 0.25) is 0 Å². The van der Waals surface area contributed by atoms with Gasteiger partial charge in [-0.05, 0) is 25.1 Å². The lowest BCUT2D eigenvalue weighted by molar-refractivity contribution is 1.13. The van der Waals surface area contributed by atoms with Crippen molar-refractivity contribution in [3.8, 4) is 11.1 Å². The molecule has 1 aromatic carbocycles. The maximum atomic E-state index is 6.23.